The van der Waals surface area contributed by atoms with Crippen LogP contribution in [0.25, 0.3) is 0 Å². The molecule has 1 saturated heterocycles. The third-order valence-corrected chi connectivity index (χ3v) is 3.75. The molecule has 0 spiro atoms. The van der Waals surface area contributed by atoms with Crippen molar-refractivity contribution in [1.29, 1.82) is 0 Å². The second kappa shape index (κ2) is 3.09. The predicted molar refractivity (Wildman–Crippen MR) is 58.5 cm³/mol. The predicted octanol–water partition coefficient (Wildman–Crippen LogP) is 2.37. The Kier molecular flexibility index (Phi) is 1.84. The van der Waals surface area contributed by atoms with Crippen LogP contribution in [0.5, 0.6) is 0 Å². The van der Waals surface area contributed by atoms with Gasteiger partial charge >= 0.3 is 0 Å². The van der Waals surface area contributed by atoms with Crippen molar-refractivity contribution in [3.8, 4) is 0 Å². The molecule has 1 aromatic rings. The molecule has 2 aliphatic rings. The van der Waals surface area contributed by atoms with E-state index in [2.05, 4.69) is 36.5 Å². The fraction of sp³-hybridized carbons (Fsp3) is 0.462. The first-order chi connectivity index (χ1) is 7.25. The Bertz CT molecular complexity index is 413. The van der Waals surface area contributed by atoms with Gasteiger partial charge in [0.05, 0.1) is 6.04 Å². The molecule has 0 unspecified atom stereocenters. The maximum atomic E-state index is 11.4. The molecule has 3 atom stereocenters. The minimum atomic E-state index is 0.217. The molecule has 0 bridgehead atoms. The smallest absolute Gasteiger partial charge is 0.220 e. The van der Waals surface area contributed by atoms with Crippen molar-refractivity contribution in [3.05, 3.63) is 35.4 Å². The molecule has 0 aromatic heterocycles. The third-order valence-electron chi connectivity index (χ3n) is 3.75. The molecule has 78 valence electrons. The number of carbonyl (C=O) groups is 1. The largest absolute Gasteiger partial charge is 0.349 e. The highest BCUT2D eigenvalue weighted by Gasteiger charge is 2.39. The highest BCUT2D eigenvalue weighted by molar-refractivity contribution is 5.79. The molecular weight excluding hydrogens is 186 g/mol. The van der Waals surface area contributed by atoms with Crippen LogP contribution in [-0.4, -0.2) is 5.91 Å². The molecule has 1 aliphatic carbocycles. The van der Waals surface area contributed by atoms with Gasteiger partial charge in [-0.1, -0.05) is 31.2 Å². The summed E-state index contributed by atoms with van der Waals surface area (Å²) >= 11 is 0. The number of rotatable bonds is 0. The molecule has 1 aliphatic heterocycles. The molecule has 3 rings (SSSR count). The Hall–Kier alpha value is -1.31. The van der Waals surface area contributed by atoms with Crippen molar-refractivity contribution in [2.75, 3.05) is 0 Å². The maximum absolute atomic E-state index is 11.4. The molecule has 1 heterocycles. The van der Waals surface area contributed by atoms with Crippen LogP contribution in [0.15, 0.2) is 24.3 Å². The minimum absolute atomic E-state index is 0.217. The maximum Gasteiger partial charge on any atom is 0.220 e. The van der Waals surface area contributed by atoms with Gasteiger partial charge in [-0.05, 0) is 29.4 Å². The van der Waals surface area contributed by atoms with Crippen molar-refractivity contribution in [3.63, 3.8) is 0 Å². The lowest BCUT2D eigenvalue weighted by Crippen LogP contribution is -2.26. The van der Waals surface area contributed by atoms with Gasteiger partial charge in [-0.15, -0.1) is 0 Å². The number of fused-ring (bicyclic) bond motifs is 3. The van der Waals surface area contributed by atoms with Crippen LogP contribution in [0.1, 0.15) is 42.9 Å². The monoisotopic (exact) mass is 201 g/mol. The average molecular weight is 201 g/mol. The first kappa shape index (κ1) is 8.96. The van der Waals surface area contributed by atoms with E-state index in [9.17, 15) is 4.79 Å². The summed E-state index contributed by atoms with van der Waals surface area (Å²) in [5.41, 5.74) is 2.76. The normalized spacial score (nSPS) is 33.1. The van der Waals surface area contributed by atoms with Gasteiger partial charge in [0.25, 0.3) is 0 Å². The minimum Gasteiger partial charge on any atom is -0.349 e. The van der Waals surface area contributed by atoms with Crippen LogP contribution in [0.2, 0.25) is 0 Å². The number of hydrogen-bond donors (Lipinski definition) is 1. The number of amides is 1. The first-order valence-electron chi connectivity index (χ1n) is 5.64. The van der Waals surface area contributed by atoms with Crippen LogP contribution in [0, 0.1) is 5.92 Å². The van der Waals surface area contributed by atoms with E-state index in [1.54, 1.807) is 0 Å². The molecule has 1 fully saturated rings. The lowest BCUT2D eigenvalue weighted by Gasteiger charge is -2.31. The zero-order valence-electron chi connectivity index (χ0n) is 8.86. The Balaban J connectivity index is 2.08. The standard InChI is InChI=1S/C13H15NO/c1-8-6-9-7-12(15)14-13(9)11-5-3-2-4-10(8)11/h2-5,8-9,13H,6-7H2,1H3,(H,14,15)/t8-,9-,13+/m1/s1. The van der Waals surface area contributed by atoms with Gasteiger partial charge < -0.3 is 5.32 Å². The molecular formula is C13H15NO. The van der Waals surface area contributed by atoms with Crippen LogP contribution in [-0.2, 0) is 4.79 Å². The summed E-state index contributed by atoms with van der Waals surface area (Å²) in [4.78, 5) is 11.4. The van der Waals surface area contributed by atoms with Crippen LogP contribution in [0.4, 0.5) is 0 Å². The molecule has 0 radical (unpaired) electrons. The van der Waals surface area contributed by atoms with E-state index >= 15 is 0 Å². The van der Waals surface area contributed by atoms with Crippen molar-refractivity contribution in [2.24, 2.45) is 5.92 Å². The highest BCUT2D eigenvalue weighted by atomic mass is 16.2. The topological polar surface area (TPSA) is 29.1 Å². The summed E-state index contributed by atoms with van der Waals surface area (Å²) < 4.78 is 0. The fourth-order valence-corrected chi connectivity index (χ4v) is 3.08. The van der Waals surface area contributed by atoms with E-state index in [1.165, 1.54) is 11.1 Å². The van der Waals surface area contributed by atoms with Gasteiger partial charge in [0.15, 0.2) is 0 Å². The van der Waals surface area contributed by atoms with Crippen molar-refractivity contribution < 1.29 is 4.79 Å². The summed E-state index contributed by atoms with van der Waals surface area (Å²) in [6.45, 7) is 2.26. The number of benzene rings is 1. The van der Waals surface area contributed by atoms with E-state index in [0.717, 1.165) is 6.42 Å². The lowest BCUT2D eigenvalue weighted by atomic mass is 9.75. The summed E-state index contributed by atoms with van der Waals surface area (Å²) in [6, 6.07) is 8.80. The Morgan fingerprint density at radius 3 is 2.80 bits per heavy atom. The third kappa shape index (κ3) is 1.28. The van der Waals surface area contributed by atoms with Crippen LogP contribution in [0.3, 0.4) is 0 Å². The van der Waals surface area contributed by atoms with Gasteiger partial charge in [-0.25, -0.2) is 0 Å². The Morgan fingerprint density at radius 1 is 1.27 bits per heavy atom. The van der Waals surface area contributed by atoms with Crippen molar-refractivity contribution >= 4 is 5.91 Å². The van der Waals surface area contributed by atoms with E-state index in [4.69, 9.17) is 0 Å². The zero-order chi connectivity index (χ0) is 10.4. The SMILES string of the molecule is C[C@@H]1C[C@@H]2CC(=O)N[C@@H]2c2ccccc21. The summed E-state index contributed by atoms with van der Waals surface area (Å²) in [6.07, 6.45) is 1.85. The van der Waals surface area contributed by atoms with Crippen molar-refractivity contribution in [2.45, 2.75) is 31.7 Å². The summed E-state index contributed by atoms with van der Waals surface area (Å²) in [5, 5.41) is 3.09. The van der Waals surface area contributed by atoms with Crippen molar-refractivity contribution in [1.82, 2.24) is 5.32 Å². The number of hydrogen-bond acceptors (Lipinski definition) is 1. The number of carbonyl (C=O) groups excluding carboxylic acids is 1. The molecule has 0 saturated carbocycles. The molecule has 15 heavy (non-hydrogen) atoms. The van der Waals surface area contributed by atoms with Crippen LogP contribution < -0.4 is 5.32 Å². The fourth-order valence-electron chi connectivity index (χ4n) is 3.08. The van der Waals surface area contributed by atoms with Gasteiger partial charge in [0.2, 0.25) is 5.91 Å². The Morgan fingerprint density at radius 2 is 2.00 bits per heavy atom. The second-order valence-electron chi connectivity index (χ2n) is 4.78. The summed E-state index contributed by atoms with van der Waals surface area (Å²) in [5.74, 6) is 1.33. The molecule has 2 nitrogen and oxygen atoms in total. The molecule has 2 heteroatoms. The van der Waals surface area contributed by atoms with E-state index in [0.29, 0.717) is 18.3 Å². The molecule has 1 N–H and O–H groups in total. The molecule has 1 aromatic carbocycles. The highest BCUT2D eigenvalue weighted by Crippen LogP contribution is 2.44. The van der Waals surface area contributed by atoms with Crippen LogP contribution >= 0.6 is 0 Å². The Labute approximate surface area is 89.7 Å². The summed E-state index contributed by atoms with van der Waals surface area (Å²) in [7, 11) is 0. The molecule has 1 amide bonds. The number of nitrogens with one attached hydrogen (secondary N) is 1. The first-order valence-corrected chi connectivity index (χ1v) is 5.64. The second-order valence-corrected chi connectivity index (χ2v) is 4.78. The average Bonchev–Trinajstić information content (AvgIpc) is 2.59. The zero-order valence-corrected chi connectivity index (χ0v) is 8.86. The lowest BCUT2D eigenvalue weighted by molar-refractivity contribution is -0.119. The van der Waals surface area contributed by atoms with Gasteiger partial charge in [0.1, 0.15) is 0 Å². The van der Waals surface area contributed by atoms with Gasteiger partial charge in [-0.3, -0.25) is 4.79 Å². The van der Waals surface area contributed by atoms with E-state index in [1.807, 2.05) is 0 Å². The quantitative estimate of drug-likeness (QED) is 0.686. The van der Waals surface area contributed by atoms with Gasteiger partial charge in [0, 0.05) is 6.42 Å². The van der Waals surface area contributed by atoms with Gasteiger partial charge in [-0.2, -0.15) is 0 Å². The van der Waals surface area contributed by atoms with E-state index < -0.39 is 0 Å². The van der Waals surface area contributed by atoms with E-state index in [-0.39, 0.29) is 11.9 Å².